The van der Waals surface area contributed by atoms with Crippen molar-refractivity contribution >= 4 is 23.0 Å². The normalized spacial score (nSPS) is 16.0. The molecule has 25 heavy (non-hydrogen) atoms. The number of halogens is 1. The number of nitrogens with one attached hydrogen (secondary N) is 2. The average Bonchev–Trinajstić information content (AvgIpc) is 2.63. The van der Waals surface area contributed by atoms with Gasteiger partial charge in [-0.15, -0.1) is 0 Å². The maximum Gasteiger partial charge on any atom is 0.124 e. The number of hydrogen-bond acceptors (Lipinski definition) is 3. The van der Waals surface area contributed by atoms with Gasteiger partial charge in [-0.2, -0.15) is 5.10 Å². The largest absolute Gasteiger partial charge is 0.507 e. The van der Waals surface area contributed by atoms with Crippen molar-refractivity contribution in [3.8, 4) is 5.75 Å². The summed E-state index contributed by atoms with van der Waals surface area (Å²) in [5.41, 5.74) is 6.64. The van der Waals surface area contributed by atoms with Gasteiger partial charge < -0.3 is 10.0 Å². The number of rotatable bonds is 5. The van der Waals surface area contributed by atoms with Crippen LogP contribution in [0.15, 0.2) is 47.6 Å². The van der Waals surface area contributed by atoms with Crippen LogP contribution >= 0.6 is 11.6 Å². The number of nitrogens with zero attached hydrogens (tertiary/aromatic N) is 1. The molecule has 2 aromatic carbocycles. The van der Waals surface area contributed by atoms with E-state index < -0.39 is 0 Å². The van der Waals surface area contributed by atoms with E-state index in [1.54, 1.807) is 11.0 Å². The van der Waals surface area contributed by atoms with E-state index >= 15 is 0 Å². The van der Waals surface area contributed by atoms with E-state index in [-0.39, 0.29) is 0 Å². The molecule has 0 atom stereocenters. The maximum absolute atomic E-state index is 10.2. The van der Waals surface area contributed by atoms with Crippen LogP contribution in [0.1, 0.15) is 37.3 Å². The van der Waals surface area contributed by atoms with E-state index in [1.807, 2.05) is 43.3 Å². The molecule has 1 fully saturated rings. The minimum atomic E-state index is 0.369. The molecule has 0 amide bonds. The summed E-state index contributed by atoms with van der Waals surface area (Å²) in [6.45, 7) is 5.19. The fourth-order valence-electron chi connectivity index (χ4n) is 3.21. The summed E-state index contributed by atoms with van der Waals surface area (Å²) in [5, 5.41) is 15.3. The molecular weight excluding hydrogens is 334 g/mol. The van der Waals surface area contributed by atoms with Gasteiger partial charge in [0.15, 0.2) is 0 Å². The van der Waals surface area contributed by atoms with Gasteiger partial charge >= 0.3 is 0 Å². The van der Waals surface area contributed by atoms with E-state index in [2.05, 4.69) is 10.5 Å². The van der Waals surface area contributed by atoms with Gasteiger partial charge in [0, 0.05) is 5.56 Å². The quantitative estimate of drug-likeness (QED) is 0.566. The average molecular weight is 359 g/mol. The van der Waals surface area contributed by atoms with Crippen molar-refractivity contribution in [3.05, 3.63) is 58.6 Å². The molecule has 0 bridgehead atoms. The number of phenols is 1. The number of para-hydroxylation sites is 1. The SMILES string of the molecule is C/C(=N\Nc1ccccc1Cl)c1ccc(O)c(C[NH+]2CCCCC2)c1. The molecule has 0 aliphatic carbocycles. The predicted octanol–water partition coefficient (Wildman–Crippen LogP) is 3.45. The molecule has 0 spiro atoms. The molecule has 3 rings (SSSR count). The number of quaternary nitrogens is 1. The van der Waals surface area contributed by atoms with E-state index in [0.29, 0.717) is 10.8 Å². The van der Waals surface area contributed by atoms with Crippen LogP contribution in [-0.4, -0.2) is 23.9 Å². The van der Waals surface area contributed by atoms with Gasteiger partial charge in [0.1, 0.15) is 12.3 Å². The predicted molar refractivity (Wildman–Crippen MR) is 104 cm³/mol. The molecule has 1 heterocycles. The first kappa shape index (κ1) is 17.8. The fraction of sp³-hybridized carbons (Fsp3) is 0.350. The van der Waals surface area contributed by atoms with Crippen molar-refractivity contribution in [2.75, 3.05) is 18.5 Å². The lowest BCUT2D eigenvalue weighted by molar-refractivity contribution is -0.918. The van der Waals surface area contributed by atoms with Crippen LogP contribution in [0.5, 0.6) is 5.75 Å². The minimum Gasteiger partial charge on any atom is -0.507 e. The number of hydrazone groups is 1. The van der Waals surface area contributed by atoms with Crippen molar-refractivity contribution < 1.29 is 10.0 Å². The first-order chi connectivity index (χ1) is 12.1. The minimum absolute atomic E-state index is 0.369. The lowest BCUT2D eigenvalue weighted by Crippen LogP contribution is -3.11. The lowest BCUT2D eigenvalue weighted by atomic mass is 10.0. The Bertz CT molecular complexity index is 754. The molecule has 5 heteroatoms. The molecule has 1 aliphatic rings. The maximum atomic E-state index is 10.2. The zero-order chi connectivity index (χ0) is 17.6. The van der Waals surface area contributed by atoms with Gasteiger partial charge in [0.05, 0.1) is 29.5 Å². The number of hydrogen-bond donors (Lipinski definition) is 3. The Morgan fingerprint density at radius 3 is 2.68 bits per heavy atom. The van der Waals surface area contributed by atoms with Crippen LogP contribution in [0.4, 0.5) is 5.69 Å². The van der Waals surface area contributed by atoms with Crippen LogP contribution in [0.3, 0.4) is 0 Å². The molecule has 132 valence electrons. The summed E-state index contributed by atoms with van der Waals surface area (Å²) in [4.78, 5) is 1.54. The molecule has 0 radical (unpaired) electrons. The van der Waals surface area contributed by atoms with Crippen molar-refractivity contribution in [2.24, 2.45) is 5.10 Å². The summed E-state index contributed by atoms with van der Waals surface area (Å²) in [6.07, 6.45) is 3.88. The third kappa shape index (κ3) is 4.74. The summed E-state index contributed by atoms with van der Waals surface area (Å²) in [7, 11) is 0. The first-order valence-corrected chi connectivity index (χ1v) is 9.22. The third-order valence-corrected chi connectivity index (χ3v) is 5.05. The molecule has 0 saturated carbocycles. The summed E-state index contributed by atoms with van der Waals surface area (Å²) in [5.74, 6) is 0.369. The summed E-state index contributed by atoms with van der Waals surface area (Å²) < 4.78 is 0. The number of aromatic hydroxyl groups is 1. The smallest absolute Gasteiger partial charge is 0.124 e. The van der Waals surface area contributed by atoms with Crippen LogP contribution in [0.2, 0.25) is 5.02 Å². The highest BCUT2D eigenvalue weighted by molar-refractivity contribution is 6.33. The third-order valence-electron chi connectivity index (χ3n) is 4.72. The molecular formula is C20H25ClN3O+. The van der Waals surface area contributed by atoms with E-state index in [0.717, 1.165) is 29.1 Å². The number of phenolic OH excluding ortho intramolecular Hbond substituents is 1. The van der Waals surface area contributed by atoms with Crippen LogP contribution in [0, 0.1) is 0 Å². The monoisotopic (exact) mass is 358 g/mol. The van der Waals surface area contributed by atoms with E-state index in [9.17, 15) is 5.11 Å². The Kier molecular flexibility index (Phi) is 5.95. The van der Waals surface area contributed by atoms with Crippen LogP contribution in [-0.2, 0) is 6.54 Å². The molecule has 1 saturated heterocycles. The lowest BCUT2D eigenvalue weighted by Gasteiger charge is -2.24. The number of piperidine rings is 1. The van der Waals surface area contributed by atoms with Crippen LogP contribution < -0.4 is 10.3 Å². The highest BCUT2D eigenvalue weighted by atomic mass is 35.5. The summed E-state index contributed by atoms with van der Waals surface area (Å²) in [6, 6.07) is 13.2. The second-order valence-electron chi connectivity index (χ2n) is 6.62. The summed E-state index contributed by atoms with van der Waals surface area (Å²) >= 11 is 6.14. The van der Waals surface area contributed by atoms with Crippen molar-refractivity contribution in [1.82, 2.24) is 0 Å². The van der Waals surface area contributed by atoms with Gasteiger partial charge in [0.25, 0.3) is 0 Å². The highest BCUT2D eigenvalue weighted by Gasteiger charge is 2.16. The number of likely N-dealkylation sites (tertiary alicyclic amines) is 1. The Morgan fingerprint density at radius 1 is 1.16 bits per heavy atom. The second kappa shape index (κ2) is 8.37. The Hall–Kier alpha value is -2.04. The fourth-order valence-corrected chi connectivity index (χ4v) is 3.39. The first-order valence-electron chi connectivity index (χ1n) is 8.84. The molecule has 1 aliphatic heterocycles. The van der Waals surface area contributed by atoms with E-state index in [1.165, 1.54) is 32.4 Å². The number of anilines is 1. The Balaban J connectivity index is 1.73. The van der Waals surface area contributed by atoms with Gasteiger partial charge in [-0.05, 0) is 62.1 Å². The number of benzene rings is 2. The van der Waals surface area contributed by atoms with Crippen molar-refractivity contribution in [2.45, 2.75) is 32.7 Å². The van der Waals surface area contributed by atoms with Gasteiger partial charge in [-0.25, -0.2) is 0 Å². The Labute approximate surface area is 154 Å². The Morgan fingerprint density at radius 2 is 1.92 bits per heavy atom. The molecule has 3 N–H and O–H groups in total. The molecule has 0 unspecified atom stereocenters. The van der Waals surface area contributed by atoms with Gasteiger partial charge in [-0.3, -0.25) is 5.43 Å². The van der Waals surface area contributed by atoms with Crippen LogP contribution in [0.25, 0.3) is 0 Å². The topological polar surface area (TPSA) is 49.1 Å². The molecule has 2 aromatic rings. The zero-order valence-corrected chi connectivity index (χ0v) is 15.3. The standard InChI is InChI=1S/C20H24ClN3O/c1-15(22-23-19-8-4-3-7-18(19)21)16-9-10-20(25)17(13-16)14-24-11-5-2-6-12-24/h3-4,7-10,13,23,25H,2,5-6,11-12,14H2,1H3/p+1/b22-15+. The zero-order valence-electron chi connectivity index (χ0n) is 14.6. The van der Waals surface area contributed by atoms with Crippen molar-refractivity contribution in [3.63, 3.8) is 0 Å². The molecule has 0 aromatic heterocycles. The second-order valence-corrected chi connectivity index (χ2v) is 7.03. The van der Waals surface area contributed by atoms with E-state index in [4.69, 9.17) is 11.6 Å². The van der Waals surface area contributed by atoms with Gasteiger partial charge in [0.2, 0.25) is 0 Å². The molecule has 4 nitrogen and oxygen atoms in total. The van der Waals surface area contributed by atoms with Crippen molar-refractivity contribution in [1.29, 1.82) is 0 Å². The van der Waals surface area contributed by atoms with Gasteiger partial charge in [-0.1, -0.05) is 23.7 Å². The highest BCUT2D eigenvalue weighted by Crippen LogP contribution is 2.21.